The van der Waals surface area contributed by atoms with E-state index in [1.54, 1.807) is 0 Å². The van der Waals surface area contributed by atoms with Crippen LogP contribution in [0, 0.1) is 0 Å². The molecule has 4 nitrogen and oxygen atoms in total. The van der Waals surface area contributed by atoms with Gasteiger partial charge in [-0.2, -0.15) is 0 Å². The number of benzene rings is 1. The van der Waals surface area contributed by atoms with Crippen molar-refractivity contribution in [3.05, 3.63) is 29.8 Å². The molecule has 1 heterocycles. The highest BCUT2D eigenvalue weighted by Crippen LogP contribution is 2.31. The summed E-state index contributed by atoms with van der Waals surface area (Å²) >= 11 is 0. The molecule has 0 aromatic heterocycles. The first-order chi connectivity index (χ1) is 8.72. The molecule has 1 aromatic carbocycles. The molecule has 0 saturated carbocycles. The van der Waals surface area contributed by atoms with Gasteiger partial charge in [0.2, 0.25) is 0 Å². The van der Waals surface area contributed by atoms with Crippen LogP contribution in [0.1, 0.15) is 25.5 Å². The molecule has 1 aromatic rings. The summed E-state index contributed by atoms with van der Waals surface area (Å²) < 4.78 is 16.9. The first-order valence-electron chi connectivity index (χ1n) is 6.43. The first kappa shape index (κ1) is 13.3. The fraction of sp³-hybridized carbons (Fsp3) is 0.571. The maximum absolute atomic E-state index is 6.22. The molecule has 0 spiro atoms. The molecular weight excluding hydrogens is 230 g/mol. The third-order valence-electron chi connectivity index (χ3n) is 3.05. The SMILES string of the molecule is CCOCC(C)OC1COc2ccccc2C1N. The molecular formula is C14H21NO3. The largest absolute Gasteiger partial charge is 0.490 e. The lowest BCUT2D eigenvalue weighted by Crippen LogP contribution is -2.40. The zero-order valence-corrected chi connectivity index (χ0v) is 11.0. The van der Waals surface area contributed by atoms with E-state index in [4.69, 9.17) is 19.9 Å². The number of ether oxygens (including phenoxy) is 3. The Labute approximate surface area is 108 Å². The van der Waals surface area contributed by atoms with Crippen LogP contribution in [0.25, 0.3) is 0 Å². The maximum Gasteiger partial charge on any atom is 0.124 e. The fourth-order valence-electron chi connectivity index (χ4n) is 2.11. The Balaban J connectivity index is 1.96. The van der Waals surface area contributed by atoms with Gasteiger partial charge in [-0.3, -0.25) is 0 Å². The number of rotatable bonds is 5. The van der Waals surface area contributed by atoms with E-state index in [0.717, 1.165) is 11.3 Å². The monoisotopic (exact) mass is 251 g/mol. The molecule has 0 aliphatic carbocycles. The maximum atomic E-state index is 6.22. The van der Waals surface area contributed by atoms with Crippen molar-refractivity contribution in [3.8, 4) is 5.75 Å². The van der Waals surface area contributed by atoms with Crippen molar-refractivity contribution in [2.45, 2.75) is 32.1 Å². The lowest BCUT2D eigenvalue weighted by atomic mass is 9.99. The van der Waals surface area contributed by atoms with Gasteiger partial charge in [0, 0.05) is 12.2 Å². The molecule has 100 valence electrons. The molecule has 2 rings (SSSR count). The van der Waals surface area contributed by atoms with Crippen molar-refractivity contribution in [2.24, 2.45) is 5.73 Å². The number of hydrogen-bond donors (Lipinski definition) is 1. The minimum absolute atomic E-state index is 0.0230. The Kier molecular flexibility index (Phi) is 4.58. The Bertz CT molecular complexity index is 383. The highest BCUT2D eigenvalue weighted by Gasteiger charge is 2.29. The summed E-state index contributed by atoms with van der Waals surface area (Å²) in [6.45, 7) is 5.74. The molecule has 4 heteroatoms. The number of fused-ring (bicyclic) bond motifs is 1. The topological polar surface area (TPSA) is 53.7 Å². The van der Waals surface area contributed by atoms with Gasteiger partial charge in [-0.1, -0.05) is 18.2 Å². The van der Waals surface area contributed by atoms with Gasteiger partial charge in [-0.25, -0.2) is 0 Å². The molecule has 0 saturated heterocycles. The summed E-state index contributed by atoms with van der Waals surface area (Å²) in [7, 11) is 0. The Hall–Kier alpha value is -1.10. The van der Waals surface area contributed by atoms with Gasteiger partial charge >= 0.3 is 0 Å². The molecule has 3 atom stereocenters. The highest BCUT2D eigenvalue weighted by molar-refractivity contribution is 5.38. The van der Waals surface area contributed by atoms with E-state index >= 15 is 0 Å². The van der Waals surface area contributed by atoms with E-state index in [9.17, 15) is 0 Å². The van der Waals surface area contributed by atoms with Gasteiger partial charge < -0.3 is 19.9 Å². The fourth-order valence-corrected chi connectivity index (χ4v) is 2.11. The summed E-state index contributed by atoms with van der Waals surface area (Å²) in [4.78, 5) is 0. The van der Waals surface area contributed by atoms with Crippen molar-refractivity contribution >= 4 is 0 Å². The van der Waals surface area contributed by atoms with Crippen LogP contribution in [0.15, 0.2) is 24.3 Å². The first-order valence-corrected chi connectivity index (χ1v) is 6.43. The number of hydrogen-bond acceptors (Lipinski definition) is 4. The molecule has 0 radical (unpaired) electrons. The Morgan fingerprint density at radius 1 is 1.44 bits per heavy atom. The van der Waals surface area contributed by atoms with Crippen molar-refractivity contribution in [3.63, 3.8) is 0 Å². The summed E-state index contributed by atoms with van der Waals surface area (Å²) in [5.74, 6) is 0.863. The third-order valence-corrected chi connectivity index (χ3v) is 3.05. The van der Waals surface area contributed by atoms with Crippen LogP contribution in [-0.4, -0.2) is 32.0 Å². The molecule has 0 amide bonds. The second-order valence-corrected chi connectivity index (χ2v) is 4.52. The second-order valence-electron chi connectivity index (χ2n) is 4.52. The van der Waals surface area contributed by atoms with Crippen LogP contribution in [0.2, 0.25) is 0 Å². The molecule has 0 bridgehead atoms. The molecule has 1 aliphatic rings. The van der Waals surface area contributed by atoms with Gasteiger partial charge in [0.15, 0.2) is 0 Å². The quantitative estimate of drug-likeness (QED) is 0.868. The average molecular weight is 251 g/mol. The van der Waals surface area contributed by atoms with Crippen LogP contribution in [0.5, 0.6) is 5.75 Å². The van der Waals surface area contributed by atoms with Gasteiger partial charge in [0.05, 0.1) is 18.8 Å². The summed E-state index contributed by atoms with van der Waals surface area (Å²) in [5, 5.41) is 0. The molecule has 2 N–H and O–H groups in total. The minimum atomic E-state index is -0.140. The van der Waals surface area contributed by atoms with Gasteiger partial charge in [-0.15, -0.1) is 0 Å². The zero-order chi connectivity index (χ0) is 13.0. The average Bonchev–Trinajstić information content (AvgIpc) is 2.40. The predicted molar refractivity (Wildman–Crippen MR) is 69.7 cm³/mol. The van der Waals surface area contributed by atoms with Crippen LogP contribution in [0.3, 0.4) is 0 Å². The van der Waals surface area contributed by atoms with E-state index < -0.39 is 0 Å². The summed E-state index contributed by atoms with van der Waals surface area (Å²) in [6, 6.07) is 7.70. The zero-order valence-electron chi connectivity index (χ0n) is 11.0. The van der Waals surface area contributed by atoms with Crippen molar-refractivity contribution in [1.82, 2.24) is 0 Å². The molecule has 18 heavy (non-hydrogen) atoms. The van der Waals surface area contributed by atoms with Crippen molar-refractivity contribution in [2.75, 3.05) is 19.8 Å². The number of nitrogens with two attached hydrogens (primary N) is 1. The van der Waals surface area contributed by atoms with Crippen LogP contribution in [-0.2, 0) is 9.47 Å². The molecule has 0 fully saturated rings. The molecule has 3 unspecified atom stereocenters. The number of para-hydroxylation sites is 1. The standard InChI is InChI=1S/C14H21NO3/c1-3-16-8-10(2)18-13-9-17-12-7-5-4-6-11(12)14(13)15/h4-7,10,13-14H,3,8-9,15H2,1-2H3. The lowest BCUT2D eigenvalue weighted by Gasteiger charge is -2.32. The normalized spacial score (nSPS) is 24.2. The van der Waals surface area contributed by atoms with E-state index in [1.807, 2.05) is 38.1 Å². The van der Waals surface area contributed by atoms with Crippen molar-refractivity contribution in [1.29, 1.82) is 0 Å². The summed E-state index contributed by atoms with van der Waals surface area (Å²) in [6.07, 6.45) is -0.0924. The summed E-state index contributed by atoms with van der Waals surface area (Å²) in [5.41, 5.74) is 7.23. The Morgan fingerprint density at radius 2 is 2.22 bits per heavy atom. The predicted octanol–water partition coefficient (Wildman–Crippen LogP) is 1.89. The van der Waals surface area contributed by atoms with Crippen LogP contribution < -0.4 is 10.5 Å². The smallest absolute Gasteiger partial charge is 0.124 e. The van der Waals surface area contributed by atoms with E-state index in [1.165, 1.54) is 0 Å². The van der Waals surface area contributed by atoms with Gasteiger partial charge in [-0.05, 0) is 19.9 Å². The highest BCUT2D eigenvalue weighted by atomic mass is 16.6. The van der Waals surface area contributed by atoms with Crippen LogP contribution in [0.4, 0.5) is 0 Å². The Morgan fingerprint density at radius 3 is 3.00 bits per heavy atom. The second kappa shape index (κ2) is 6.18. The third kappa shape index (κ3) is 3.02. The molecule has 1 aliphatic heterocycles. The van der Waals surface area contributed by atoms with Gasteiger partial charge in [0.1, 0.15) is 18.5 Å². The lowest BCUT2D eigenvalue weighted by molar-refractivity contribution is -0.0761. The van der Waals surface area contributed by atoms with Crippen molar-refractivity contribution < 1.29 is 14.2 Å². The minimum Gasteiger partial charge on any atom is -0.490 e. The van der Waals surface area contributed by atoms with E-state index in [-0.39, 0.29) is 18.2 Å². The van der Waals surface area contributed by atoms with Gasteiger partial charge in [0.25, 0.3) is 0 Å². The van der Waals surface area contributed by atoms with E-state index in [2.05, 4.69) is 0 Å². The van der Waals surface area contributed by atoms with E-state index in [0.29, 0.717) is 19.8 Å². The van der Waals surface area contributed by atoms with Crippen LogP contribution >= 0.6 is 0 Å².